The van der Waals surface area contributed by atoms with Gasteiger partial charge < -0.3 is 5.73 Å². The monoisotopic (exact) mass is 229 g/mol. The zero-order valence-electron chi connectivity index (χ0n) is 11.3. The smallest absolute Gasteiger partial charge is 0.0387 e. The molecule has 0 atom stereocenters. The maximum absolute atomic E-state index is 6.06. The summed E-state index contributed by atoms with van der Waals surface area (Å²) in [5.74, 6) is 0. The number of benzene rings is 1. The lowest BCUT2D eigenvalue weighted by molar-refractivity contribution is 0.488. The Morgan fingerprint density at radius 3 is 2.18 bits per heavy atom. The average molecular weight is 229 g/mol. The molecule has 1 nitrogen and oxygen atoms in total. The van der Waals surface area contributed by atoms with Crippen LogP contribution < -0.4 is 5.73 Å². The van der Waals surface area contributed by atoms with E-state index in [9.17, 15) is 0 Å². The molecule has 0 aliphatic rings. The fourth-order valence-electron chi connectivity index (χ4n) is 1.82. The van der Waals surface area contributed by atoms with Gasteiger partial charge in [0.25, 0.3) is 0 Å². The van der Waals surface area contributed by atoms with Crippen LogP contribution in [0.15, 0.2) is 48.1 Å². The maximum atomic E-state index is 6.06. The number of hydrogen-bond donors (Lipinski definition) is 1. The summed E-state index contributed by atoms with van der Waals surface area (Å²) in [5.41, 5.74) is 9.58. The van der Waals surface area contributed by atoms with E-state index in [0.717, 1.165) is 17.7 Å². The quantitative estimate of drug-likeness (QED) is 0.765. The minimum absolute atomic E-state index is 0.211. The van der Waals surface area contributed by atoms with Gasteiger partial charge in [0.2, 0.25) is 0 Å². The highest BCUT2D eigenvalue weighted by atomic mass is 14.6. The average Bonchev–Trinajstić information content (AvgIpc) is 2.29. The van der Waals surface area contributed by atoms with Gasteiger partial charge in [-0.1, -0.05) is 69.7 Å². The lowest BCUT2D eigenvalue weighted by atomic mass is 9.84. The van der Waals surface area contributed by atoms with E-state index in [0.29, 0.717) is 0 Å². The molecule has 0 heterocycles. The van der Waals surface area contributed by atoms with Gasteiger partial charge in [-0.15, -0.1) is 0 Å². The molecule has 1 heteroatoms. The summed E-state index contributed by atoms with van der Waals surface area (Å²) in [7, 11) is 0. The second-order valence-corrected chi connectivity index (χ2v) is 5.28. The minimum Gasteiger partial charge on any atom is -0.398 e. The van der Waals surface area contributed by atoms with Crippen molar-refractivity contribution in [1.82, 2.24) is 0 Å². The first kappa shape index (κ1) is 13.6. The van der Waals surface area contributed by atoms with E-state index in [4.69, 9.17) is 5.73 Å². The van der Waals surface area contributed by atoms with Gasteiger partial charge in [0.1, 0.15) is 0 Å². The first-order chi connectivity index (χ1) is 7.95. The molecule has 0 aromatic heterocycles. The molecule has 1 aromatic rings. The molecule has 92 valence electrons. The second kappa shape index (κ2) is 5.72. The molecule has 0 spiro atoms. The summed E-state index contributed by atoms with van der Waals surface area (Å²) in [4.78, 5) is 0. The third kappa shape index (κ3) is 4.10. The fourth-order valence-corrected chi connectivity index (χ4v) is 1.82. The van der Waals surface area contributed by atoms with Crippen LogP contribution in [0.4, 0.5) is 0 Å². The normalized spacial score (nSPS) is 13.9. The standard InChI is InChI=1S/C16H23N/c1-5-14(16(2,3)4)11-12-15(17)13-9-7-6-8-10-13/h6-12H,5,17H2,1-4H3/b14-11+,15-12-. The lowest BCUT2D eigenvalue weighted by Crippen LogP contribution is -2.08. The van der Waals surface area contributed by atoms with Gasteiger partial charge in [0.15, 0.2) is 0 Å². The van der Waals surface area contributed by atoms with Crippen LogP contribution in [0, 0.1) is 5.41 Å². The Labute approximate surface area is 105 Å². The second-order valence-electron chi connectivity index (χ2n) is 5.28. The summed E-state index contributed by atoms with van der Waals surface area (Å²) >= 11 is 0. The zero-order chi connectivity index (χ0) is 12.9. The summed E-state index contributed by atoms with van der Waals surface area (Å²) < 4.78 is 0. The molecule has 0 saturated heterocycles. The Hall–Kier alpha value is -1.50. The molecular weight excluding hydrogens is 206 g/mol. The lowest BCUT2D eigenvalue weighted by Gasteiger charge is -2.21. The van der Waals surface area contributed by atoms with E-state index in [-0.39, 0.29) is 5.41 Å². The van der Waals surface area contributed by atoms with Gasteiger partial charge in [-0.3, -0.25) is 0 Å². The highest BCUT2D eigenvalue weighted by Crippen LogP contribution is 2.27. The molecule has 0 fully saturated rings. The van der Waals surface area contributed by atoms with Crippen molar-refractivity contribution in [3.8, 4) is 0 Å². The largest absolute Gasteiger partial charge is 0.398 e. The van der Waals surface area contributed by atoms with Crippen LogP contribution in [0.5, 0.6) is 0 Å². The third-order valence-corrected chi connectivity index (χ3v) is 2.92. The summed E-state index contributed by atoms with van der Waals surface area (Å²) in [6.07, 6.45) is 5.23. The van der Waals surface area contributed by atoms with E-state index in [1.807, 2.05) is 36.4 Å². The predicted octanol–water partition coefficient (Wildman–Crippen LogP) is 4.37. The van der Waals surface area contributed by atoms with Crippen molar-refractivity contribution < 1.29 is 0 Å². The van der Waals surface area contributed by atoms with Crippen LogP contribution in [0.2, 0.25) is 0 Å². The highest BCUT2D eigenvalue weighted by Gasteiger charge is 2.13. The van der Waals surface area contributed by atoms with E-state index < -0.39 is 0 Å². The molecular formula is C16H23N. The van der Waals surface area contributed by atoms with Crippen LogP contribution in [0.1, 0.15) is 39.7 Å². The topological polar surface area (TPSA) is 26.0 Å². The van der Waals surface area contributed by atoms with Gasteiger partial charge >= 0.3 is 0 Å². The van der Waals surface area contributed by atoms with Gasteiger partial charge in [-0.25, -0.2) is 0 Å². The van der Waals surface area contributed by atoms with Crippen molar-refractivity contribution in [1.29, 1.82) is 0 Å². The molecule has 0 saturated carbocycles. The fraction of sp³-hybridized carbons (Fsp3) is 0.375. The van der Waals surface area contributed by atoms with Gasteiger partial charge in [0.05, 0.1) is 0 Å². The van der Waals surface area contributed by atoms with Crippen molar-refractivity contribution >= 4 is 5.70 Å². The number of nitrogens with two attached hydrogens (primary N) is 1. The zero-order valence-corrected chi connectivity index (χ0v) is 11.3. The van der Waals surface area contributed by atoms with Crippen molar-refractivity contribution in [2.24, 2.45) is 11.1 Å². The molecule has 0 amide bonds. The van der Waals surface area contributed by atoms with Crippen molar-refractivity contribution in [3.63, 3.8) is 0 Å². The van der Waals surface area contributed by atoms with E-state index in [1.54, 1.807) is 0 Å². The molecule has 17 heavy (non-hydrogen) atoms. The first-order valence-electron chi connectivity index (χ1n) is 6.17. The Bertz CT molecular complexity index is 405. The Kier molecular flexibility index (Phi) is 4.56. The molecule has 0 aliphatic carbocycles. The van der Waals surface area contributed by atoms with Gasteiger partial charge in [-0.05, 0) is 23.5 Å². The van der Waals surface area contributed by atoms with E-state index in [1.165, 1.54) is 5.57 Å². The Balaban J connectivity index is 2.93. The first-order valence-corrected chi connectivity index (χ1v) is 6.17. The molecule has 0 aliphatic heterocycles. The molecule has 0 bridgehead atoms. The minimum atomic E-state index is 0.211. The van der Waals surface area contributed by atoms with Crippen molar-refractivity contribution in [3.05, 3.63) is 53.6 Å². The Morgan fingerprint density at radius 2 is 1.71 bits per heavy atom. The molecule has 0 unspecified atom stereocenters. The van der Waals surface area contributed by atoms with Crippen LogP contribution in [-0.2, 0) is 0 Å². The van der Waals surface area contributed by atoms with Crippen LogP contribution >= 0.6 is 0 Å². The van der Waals surface area contributed by atoms with Crippen molar-refractivity contribution in [2.45, 2.75) is 34.1 Å². The summed E-state index contributed by atoms with van der Waals surface area (Å²) in [5, 5.41) is 0. The molecule has 0 radical (unpaired) electrons. The number of allylic oxidation sites excluding steroid dienone is 3. The maximum Gasteiger partial charge on any atom is 0.0387 e. The number of rotatable bonds is 3. The Morgan fingerprint density at radius 1 is 1.12 bits per heavy atom. The molecule has 1 aromatic carbocycles. The van der Waals surface area contributed by atoms with Gasteiger partial charge in [0, 0.05) is 5.70 Å². The predicted molar refractivity (Wildman–Crippen MR) is 76.4 cm³/mol. The van der Waals surface area contributed by atoms with Crippen molar-refractivity contribution in [2.75, 3.05) is 0 Å². The van der Waals surface area contributed by atoms with Crippen LogP contribution in [0.3, 0.4) is 0 Å². The van der Waals surface area contributed by atoms with Crippen LogP contribution in [-0.4, -0.2) is 0 Å². The van der Waals surface area contributed by atoms with E-state index in [2.05, 4.69) is 33.8 Å². The summed E-state index contributed by atoms with van der Waals surface area (Å²) in [6, 6.07) is 10.1. The molecule has 1 rings (SSSR count). The number of hydrogen-bond acceptors (Lipinski definition) is 1. The third-order valence-electron chi connectivity index (χ3n) is 2.92. The van der Waals surface area contributed by atoms with E-state index >= 15 is 0 Å². The van der Waals surface area contributed by atoms with Gasteiger partial charge in [-0.2, -0.15) is 0 Å². The highest BCUT2D eigenvalue weighted by molar-refractivity contribution is 5.64. The summed E-state index contributed by atoms with van der Waals surface area (Å²) in [6.45, 7) is 8.88. The SMILES string of the molecule is CC/C(=C\C=C(/N)c1ccccc1)C(C)(C)C. The molecule has 2 N–H and O–H groups in total. The van der Waals surface area contributed by atoms with Crippen LogP contribution in [0.25, 0.3) is 5.70 Å².